The Morgan fingerprint density at radius 2 is 1.62 bits per heavy atom. The molecule has 1 aromatic heterocycles. The van der Waals surface area contributed by atoms with Gasteiger partial charge < -0.3 is 30.6 Å². The summed E-state index contributed by atoms with van der Waals surface area (Å²) in [6, 6.07) is 16.8. The number of carbonyl (C=O) groups excluding carboxylic acids is 6. The summed E-state index contributed by atoms with van der Waals surface area (Å²) in [6.45, 7) is 0.423. The fraction of sp³-hybridized carbons (Fsp3) is 0.422. The SMILES string of the molecule is NC(=O)c1cccc(-c2cn(C3CCC(F)(F)CC3)c3cc(NC(=O)CCCCCCCCNC(=O)COc4cccc5c4CN(C4CCC(=O)NC4=O)C5=O)ccc23)c1. The molecule has 1 atom stereocenters. The number of amides is 6. The Labute approximate surface area is 346 Å². The summed E-state index contributed by atoms with van der Waals surface area (Å²) >= 11 is 0. The Morgan fingerprint density at radius 3 is 2.38 bits per heavy atom. The number of carbonyl (C=O) groups is 6. The van der Waals surface area contributed by atoms with Crippen LogP contribution in [-0.2, 0) is 25.7 Å². The number of piperidine rings is 1. The van der Waals surface area contributed by atoms with Gasteiger partial charge in [-0.25, -0.2) is 8.78 Å². The van der Waals surface area contributed by atoms with E-state index in [-0.39, 0.29) is 68.5 Å². The minimum atomic E-state index is -2.67. The third-order valence-corrected chi connectivity index (χ3v) is 11.7. The molecule has 1 aliphatic carbocycles. The van der Waals surface area contributed by atoms with Gasteiger partial charge >= 0.3 is 0 Å². The summed E-state index contributed by atoms with van der Waals surface area (Å²) in [7, 11) is 0. The number of nitrogens with one attached hydrogen (secondary N) is 3. The van der Waals surface area contributed by atoms with Gasteiger partial charge in [-0.3, -0.25) is 34.1 Å². The monoisotopic (exact) mass is 824 g/mol. The molecular formula is C45H50F2N6O7. The number of aromatic nitrogens is 1. The predicted octanol–water partition coefficient (Wildman–Crippen LogP) is 6.78. The molecule has 4 aromatic rings. The zero-order valence-electron chi connectivity index (χ0n) is 33.4. The highest BCUT2D eigenvalue weighted by Gasteiger charge is 2.40. The minimum absolute atomic E-state index is 0.109. The molecule has 2 aliphatic heterocycles. The number of nitrogens with zero attached hydrogens (tertiary/aromatic N) is 2. The largest absolute Gasteiger partial charge is 0.483 e. The lowest BCUT2D eigenvalue weighted by Gasteiger charge is -2.29. The molecule has 2 fully saturated rings. The quantitative estimate of drug-likeness (QED) is 0.0669. The molecule has 1 saturated carbocycles. The van der Waals surface area contributed by atoms with Crippen molar-refractivity contribution in [3.63, 3.8) is 0 Å². The van der Waals surface area contributed by atoms with Crippen LogP contribution >= 0.6 is 0 Å². The summed E-state index contributed by atoms with van der Waals surface area (Å²) in [5.74, 6) is -4.35. The van der Waals surface area contributed by atoms with Gasteiger partial charge in [0.2, 0.25) is 29.6 Å². The highest BCUT2D eigenvalue weighted by Crippen LogP contribution is 2.42. The molecule has 60 heavy (non-hydrogen) atoms. The number of halogens is 2. The van der Waals surface area contributed by atoms with Crippen molar-refractivity contribution in [2.24, 2.45) is 5.73 Å². The molecular weight excluding hydrogens is 775 g/mol. The van der Waals surface area contributed by atoms with Crippen LogP contribution in [-0.4, -0.2) is 70.0 Å². The van der Waals surface area contributed by atoms with Crippen molar-refractivity contribution in [1.29, 1.82) is 0 Å². The molecule has 0 bridgehead atoms. The third kappa shape index (κ3) is 9.83. The van der Waals surface area contributed by atoms with Gasteiger partial charge in [0.05, 0.1) is 12.1 Å². The first-order chi connectivity index (χ1) is 28.9. The zero-order chi connectivity index (χ0) is 42.4. The normalized spacial score (nSPS) is 17.7. The average Bonchev–Trinajstić information content (AvgIpc) is 3.77. The Kier molecular flexibility index (Phi) is 12.9. The van der Waals surface area contributed by atoms with Crippen molar-refractivity contribution >= 4 is 52.0 Å². The summed E-state index contributed by atoms with van der Waals surface area (Å²) < 4.78 is 36.0. The van der Waals surface area contributed by atoms with Gasteiger partial charge in [-0.2, -0.15) is 0 Å². The van der Waals surface area contributed by atoms with Crippen molar-refractivity contribution in [2.75, 3.05) is 18.5 Å². The molecule has 5 N–H and O–H groups in total. The van der Waals surface area contributed by atoms with Crippen LogP contribution in [0.15, 0.2) is 66.9 Å². The highest BCUT2D eigenvalue weighted by atomic mass is 19.3. The lowest BCUT2D eigenvalue weighted by molar-refractivity contribution is -0.137. The first kappa shape index (κ1) is 42.0. The second kappa shape index (κ2) is 18.4. The van der Waals surface area contributed by atoms with Gasteiger partial charge in [-0.15, -0.1) is 0 Å². The van der Waals surface area contributed by atoms with Crippen LogP contribution in [0.3, 0.4) is 0 Å². The number of alkyl halides is 2. The first-order valence-electron chi connectivity index (χ1n) is 20.8. The molecule has 3 aromatic carbocycles. The van der Waals surface area contributed by atoms with E-state index in [2.05, 4.69) is 16.0 Å². The van der Waals surface area contributed by atoms with Gasteiger partial charge in [0.25, 0.3) is 11.8 Å². The molecule has 1 unspecified atom stereocenters. The van der Waals surface area contributed by atoms with Crippen LogP contribution < -0.4 is 26.4 Å². The van der Waals surface area contributed by atoms with Crippen LogP contribution in [0.2, 0.25) is 0 Å². The number of imide groups is 1. The molecule has 7 rings (SSSR count). The number of primary amides is 1. The van der Waals surface area contributed by atoms with Crippen LogP contribution in [0, 0.1) is 0 Å². The van der Waals surface area contributed by atoms with Gasteiger partial charge in [0, 0.05) is 77.8 Å². The Morgan fingerprint density at radius 1 is 0.867 bits per heavy atom. The number of nitrogens with two attached hydrogens (primary N) is 1. The van der Waals surface area contributed by atoms with E-state index < -0.39 is 23.8 Å². The maximum absolute atomic E-state index is 14.1. The van der Waals surface area contributed by atoms with Crippen molar-refractivity contribution < 1.29 is 42.3 Å². The lowest BCUT2D eigenvalue weighted by atomic mass is 9.92. The molecule has 13 nitrogen and oxygen atoms in total. The Bertz CT molecular complexity index is 2300. The average molecular weight is 825 g/mol. The number of hydrogen-bond donors (Lipinski definition) is 4. The Balaban J connectivity index is 0.817. The lowest BCUT2D eigenvalue weighted by Crippen LogP contribution is -2.52. The molecule has 3 heterocycles. The fourth-order valence-corrected chi connectivity index (χ4v) is 8.46. The van der Waals surface area contributed by atoms with Crippen LogP contribution in [0.5, 0.6) is 5.75 Å². The second-order valence-electron chi connectivity index (χ2n) is 16.0. The van der Waals surface area contributed by atoms with E-state index in [9.17, 15) is 37.5 Å². The number of rotatable bonds is 17. The van der Waals surface area contributed by atoms with Crippen molar-refractivity contribution in [1.82, 2.24) is 20.1 Å². The topological polar surface area (TPSA) is 182 Å². The smallest absolute Gasteiger partial charge is 0.257 e. The van der Waals surface area contributed by atoms with Crippen LogP contribution in [0.4, 0.5) is 14.5 Å². The van der Waals surface area contributed by atoms with Gasteiger partial charge in [0.15, 0.2) is 6.61 Å². The maximum atomic E-state index is 14.1. The molecule has 316 valence electrons. The van der Waals surface area contributed by atoms with E-state index in [0.717, 1.165) is 60.6 Å². The van der Waals surface area contributed by atoms with Gasteiger partial charge in [0.1, 0.15) is 11.8 Å². The van der Waals surface area contributed by atoms with E-state index in [1.807, 2.05) is 35.0 Å². The maximum Gasteiger partial charge on any atom is 0.257 e. The second-order valence-corrected chi connectivity index (χ2v) is 16.0. The minimum Gasteiger partial charge on any atom is -0.483 e. The number of benzene rings is 3. The van der Waals surface area contributed by atoms with E-state index in [1.165, 1.54) is 4.90 Å². The Hall–Kier alpha value is -6.12. The summed E-state index contributed by atoms with van der Waals surface area (Å²) in [5, 5.41) is 9.05. The number of ether oxygens (including phenoxy) is 1. The van der Waals surface area contributed by atoms with Crippen molar-refractivity contribution in [3.8, 4) is 16.9 Å². The third-order valence-electron chi connectivity index (χ3n) is 11.7. The number of hydrogen-bond acceptors (Lipinski definition) is 7. The number of anilines is 1. The molecule has 1 saturated heterocycles. The van der Waals surface area contributed by atoms with E-state index >= 15 is 0 Å². The highest BCUT2D eigenvalue weighted by molar-refractivity contribution is 6.06. The molecule has 0 spiro atoms. The molecule has 0 radical (unpaired) electrons. The number of fused-ring (bicyclic) bond motifs is 2. The summed E-state index contributed by atoms with van der Waals surface area (Å²) in [6.07, 6.45) is 8.19. The fourth-order valence-electron chi connectivity index (χ4n) is 8.46. The molecule has 3 aliphatic rings. The van der Waals surface area contributed by atoms with Crippen LogP contribution in [0.25, 0.3) is 22.0 Å². The first-order valence-corrected chi connectivity index (χ1v) is 20.8. The number of unbranched alkanes of at least 4 members (excludes halogenated alkanes) is 5. The zero-order valence-corrected chi connectivity index (χ0v) is 33.4. The van der Waals surface area contributed by atoms with Crippen molar-refractivity contribution in [3.05, 3.63) is 83.6 Å². The van der Waals surface area contributed by atoms with Crippen LogP contribution in [0.1, 0.15) is 116 Å². The molecule has 6 amide bonds. The predicted molar refractivity (Wildman–Crippen MR) is 220 cm³/mol. The van der Waals surface area contributed by atoms with Crippen molar-refractivity contribution in [2.45, 2.75) is 108 Å². The van der Waals surface area contributed by atoms with E-state index in [1.54, 1.807) is 36.4 Å². The van der Waals surface area contributed by atoms with E-state index in [4.69, 9.17) is 10.5 Å². The standard InChI is InChI=1S/C45H50F2N6O7/c46-45(47)20-18-31(19-21-45)52-25-34(28-9-7-10-29(23-28)42(48)57)32-15-14-30(24-37(32)52)50-39(54)13-5-3-1-2-4-6-22-49-41(56)27-60-38-12-8-11-33-35(38)26-53(44(33)59)36-16-17-40(55)51-43(36)58/h7-12,14-15,23-25,31,36H,1-6,13,16-22,26-27H2,(H2,48,57)(H,49,56)(H,50,54)(H,51,55,58). The van der Waals surface area contributed by atoms with Gasteiger partial charge in [-0.05, 0) is 74.1 Å². The summed E-state index contributed by atoms with van der Waals surface area (Å²) in [5.41, 5.74) is 10.0. The summed E-state index contributed by atoms with van der Waals surface area (Å²) in [4.78, 5) is 75.8. The van der Waals surface area contributed by atoms with Gasteiger partial charge in [-0.1, -0.05) is 49.9 Å². The molecule has 15 heteroatoms. The van der Waals surface area contributed by atoms with E-state index in [0.29, 0.717) is 53.9 Å².